The Kier molecular flexibility index (Phi) is 6.79. The smallest absolute Gasteiger partial charge is 0.261 e. The number of hydrogen-bond acceptors (Lipinski definition) is 4. The van der Waals surface area contributed by atoms with Crippen LogP contribution >= 0.6 is 0 Å². The van der Waals surface area contributed by atoms with E-state index in [1.165, 1.54) is 36.4 Å². The zero-order valence-corrected chi connectivity index (χ0v) is 18.7. The van der Waals surface area contributed by atoms with Crippen LogP contribution in [0.1, 0.15) is 21.6 Å². The number of pyridine rings is 1. The molecule has 4 rings (SSSR count). The van der Waals surface area contributed by atoms with E-state index in [9.17, 15) is 17.6 Å². The number of rotatable bonds is 7. The SMILES string of the molecule is O=C(Nc1cccc(C=Cc2ccccn2)c1)c1ccc(S(=O)(=O)Nc2ccc(F)cc2)cc1. The lowest BCUT2D eigenvalue weighted by Crippen LogP contribution is -2.15. The van der Waals surface area contributed by atoms with Gasteiger partial charge in [0.2, 0.25) is 0 Å². The first-order chi connectivity index (χ1) is 16.4. The van der Waals surface area contributed by atoms with E-state index in [4.69, 9.17) is 0 Å². The van der Waals surface area contributed by atoms with Gasteiger partial charge in [0.25, 0.3) is 15.9 Å². The minimum absolute atomic E-state index is 0.0185. The molecule has 1 amide bonds. The second kappa shape index (κ2) is 10.1. The van der Waals surface area contributed by atoms with Crippen LogP contribution in [0.4, 0.5) is 15.8 Å². The van der Waals surface area contributed by atoms with Crippen LogP contribution in [0.5, 0.6) is 0 Å². The van der Waals surface area contributed by atoms with Gasteiger partial charge in [-0.25, -0.2) is 12.8 Å². The molecule has 170 valence electrons. The number of benzene rings is 3. The van der Waals surface area contributed by atoms with Crippen molar-refractivity contribution in [3.63, 3.8) is 0 Å². The molecule has 6 nitrogen and oxygen atoms in total. The van der Waals surface area contributed by atoms with Gasteiger partial charge in [0.05, 0.1) is 10.6 Å². The minimum atomic E-state index is -3.88. The van der Waals surface area contributed by atoms with Gasteiger partial charge in [0.1, 0.15) is 5.82 Å². The molecule has 0 aliphatic carbocycles. The molecule has 1 aromatic heterocycles. The molecule has 1 heterocycles. The van der Waals surface area contributed by atoms with Gasteiger partial charge in [-0.05, 0) is 84.4 Å². The Morgan fingerprint density at radius 3 is 2.29 bits per heavy atom. The molecule has 0 atom stereocenters. The number of carbonyl (C=O) groups excluding carboxylic acids is 1. The maximum atomic E-state index is 13.0. The Morgan fingerprint density at radius 2 is 1.59 bits per heavy atom. The number of amides is 1. The first-order valence-electron chi connectivity index (χ1n) is 10.3. The molecule has 0 radical (unpaired) electrons. The molecule has 0 saturated heterocycles. The van der Waals surface area contributed by atoms with Gasteiger partial charge in [0, 0.05) is 23.1 Å². The summed E-state index contributed by atoms with van der Waals surface area (Å²) in [4.78, 5) is 16.9. The lowest BCUT2D eigenvalue weighted by molar-refractivity contribution is 0.102. The molecule has 2 N–H and O–H groups in total. The van der Waals surface area contributed by atoms with Crippen LogP contribution in [-0.2, 0) is 10.0 Å². The van der Waals surface area contributed by atoms with Crippen LogP contribution < -0.4 is 10.0 Å². The van der Waals surface area contributed by atoms with Gasteiger partial charge in [-0.3, -0.25) is 14.5 Å². The van der Waals surface area contributed by atoms with Crippen LogP contribution in [0, 0.1) is 5.82 Å². The highest BCUT2D eigenvalue weighted by atomic mass is 32.2. The lowest BCUT2D eigenvalue weighted by Gasteiger charge is -2.09. The Labute approximate surface area is 196 Å². The van der Waals surface area contributed by atoms with Gasteiger partial charge >= 0.3 is 0 Å². The Bertz CT molecular complexity index is 1420. The summed E-state index contributed by atoms with van der Waals surface area (Å²) in [6.07, 6.45) is 5.48. The first-order valence-corrected chi connectivity index (χ1v) is 11.8. The number of nitrogens with one attached hydrogen (secondary N) is 2. The molecule has 0 spiro atoms. The van der Waals surface area contributed by atoms with E-state index >= 15 is 0 Å². The molecule has 8 heteroatoms. The van der Waals surface area contributed by atoms with E-state index < -0.39 is 15.8 Å². The van der Waals surface area contributed by atoms with Crippen LogP contribution in [0.3, 0.4) is 0 Å². The third kappa shape index (κ3) is 5.93. The van der Waals surface area contributed by atoms with Crippen molar-refractivity contribution in [3.8, 4) is 0 Å². The largest absolute Gasteiger partial charge is 0.322 e. The van der Waals surface area contributed by atoms with Crippen molar-refractivity contribution in [1.29, 1.82) is 0 Å². The molecule has 34 heavy (non-hydrogen) atoms. The fourth-order valence-corrected chi connectivity index (χ4v) is 4.16. The number of sulfonamides is 1. The molecule has 0 fully saturated rings. The summed E-state index contributed by atoms with van der Waals surface area (Å²) in [5.41, 5.74) is 2.84. The van der Waals surface area contributed by atoms with Crippen molar-refractivity contribution in [2.24, 2.45) is 0 Å². The lowest BCUT2D eigenvalue weighted by atomic mass is 10.1. The number of nitrogens with zero attached hydrogens (tertiary/aromatic N) is 1. The molecule has 0 aliphatic rings. The fourth-order valence-electron chi connectivity index (χ4n) is 3.10. The summed E-state index contributed by atoms with van der Waals surface area (Å²) in [7, 11) is -3.88. The van der Waals surface area contributed by atoms with E-state index in [1.807, 2.05) is 48.6 Å². The van der Waals surface area contributed by atoms with Gasteiger partial charge < -0.3 is 5.32 Å². The number of anilines is 2. The molecule has 0 aliphatic heterocycles. The predicted molar refractivity (Wildman–Crippen MR) is 131 cm³/mol. The van der Waals surface area contributed by atoms with Crippen LogP contribution in [0.2, 0.25) is 0 Å². The molecular formula is C26H20FN3O3S. The van der Waals surface area contributed by atoms with E-state index in [0.717, 1.165) is 23.4 Å². The zero-order valence-electron chi connectivity index (χ0n) is 17.9. The summed E-state index contributed by atoms with van der Waals surface area (Å²) in [6.45, 7) is 0. The second-order valence-corrected chi connectivity index (χ2v) is 8.99. The maximum Gasteiger partial charge on any atom is 0.261 e. The molecule has 0 saturated carbocycles. The average Bonchev–Trinajstić information content (AvgIpc) is 2.85. The van der Waals surface area contributed by atoms with Crippen LogP contribution in [0.15, 0.2) is 102 Å². The van der Waals surface area contributed by atoms with Crippen molar-refractivity contribution in [1.82, 2.24) is 4.98 Å². The van der Waals surface area contributed by atoms with Gasteiger partial charge in [-0.2, -0.15) is 0 Å². The molecule has 4 aromatic rings. The third-order valence-electron chi connectivity index (χ3n) is 4.80. The highest BCUT2D eigenvalue weighted by molar-refractivity contribution is 7.92. The number of hydrogen-bond donors (Lipinski definition) is 2. The van der Waals surface area contributed by atoms with Crippen molar-refractivity contribution >= 4 is 39.5 Å². The van der Waals surface area contributed by atoms with E-state index in [0.29, 0.717) is 11.3 Å². The van der Waals surface area contributed by atoms with Crippen molar-refractivity contribution in [3.05, 3.63) is 120 Å². The zero-order chi connectivity index (χ0) is 24.0. The summed E-state index contributed by atoms with van der Waals surface area (Å²) in [5.74, 6) is -0.839. The topological polar surface area (TPSA) is 88.2 Å². The maximum absolute atomic E-state index is 13.0. The Morgan fingerprint density at radius 1 is 0.824 bits per heavy atom. The molecule has 0 unspecified atom stereocenters. The quantitative estimate of drug-likeness (QED) is 0.374. The van der Waals surface area contributed by atoms with Crippen molar-refractivity contribution < 1.29 is 17.6 Å². The van der Waals surface area contributed by atoms with E-state index in [-0.39, 0.29) is 16.5 Å². The molecule has 0 bridgehead atoms. The Hall–Kier alpha value is -4.30. The third-order valence-corrected chi connectivity index (χ3v) is 6.20. The highest BCUT2D eigenvalue weighted by Crippen LogP contribution is 2.19. The minimum Gasteiger partial charge on any atom is -0.322 e. The van der Waals surface area contributed by atoms with E-state index in [1.54, 1.807) is 12.3 Å². The molecular weight excluding hydrogens is 453 g/mol. The van der Waals surface area contributed by atoms with Gasteiger partial charge in [-0.15, -0.1) is 0 Å². The summed E-state index contributed by atoms with van der Waals surface area (Å²) >= 11 is 0. The normalized spacial score (nSPS) is 11.3. The highest BCUT2D eigenvalue weighted by Gasteiger charge is 2.15. The van der Waals surface area contributed by atoms with Crippen LogP contribution in [-0.4, -0.2) is 19.3 Å². The summed E-state index contributed by atoms with van der Waals surface area (Å²) in [6, 6.07) is 23.5. The monoisotopic (exact) mass is 473 g/mol. The standard InChI is InChI=1S/C26H20FN3O3S/c27-21-10-13-23(14-11-21)30-34(32,33)25-15-8-20(9-16-25)26(31)29-24-6-3-4-19(18-24)7-12-22-5-1-2-17-28-22/h1-18,30H,(H,29,31). The van der Waals surface area contributed by atoms with Crippen molar-refractivity contribution in [2.45, 2.75) is 4.90 Å². The number of aromatic nitrogens is 1. The fraction of sp³-hybridized carbons (Fsp3) is 0. The summed E-state index contributed by atoms with van der Waals surface area (Å²) < 4.78 is 40.5. The average molecular weight is 474 g/mol. The summed E-state index contributed by atoms with van der Waals surface area (Å²) in [5, 5.41) is 2.81. The predicted octanol–water partition coefficient (Wildman–Crippen LogP) is 5.44. The first kappa shape index (κ1) is 22.9. The number of halogens is 1. The van der Waals surface area contributed by atoms with Crippen molar-refractivity contribution in [2.75, 3.05) is 10.0 Å². The van der Waals surface area contributed by atoms with E-state index in [2.05, 4.69) is 15.0 Å². The van der Waals surface area contributed by atoms with Gasteiger partial charge in [0.15, 0.2) is 0 Å². The number of carbonyl (C=O) groups is 1. The van der Waals surface area contributed by atoms with Gasteiger partial charge in [-0.1, -0.05) is 24.3 Å². The second-order valence-electron chi connectivity index (χ2n) is 7.30. The Balaban J connectivity index is 1.43. The van der Waals surface area contributed by atoms with Crippen LogP contribution in [0.25, 0.3) is 12.2 Å². The molecule has 3 aromatic carbocycles.